The lowest BCUT2D eigenvalue weighted by molar-refractivity contribution is -0.0410. The van der Waals surface area contributed by atoms with Crippen LogP contribution in [0.4, 0.5) is 0 Å². The Kier molecular flexibility index (Phi) is 9.53. The first-order valence-electron chi connectivity index (χ1n) is 7.35. The first-order chi connectivity index (χ1) is 8.04. The van der Waals surface area contributed by atoms with Crippen LogP contribution in [0, 0.1) is 0 Å². The Morgan fingerprint density at radius 2 is 1.59 bits per heavy atom. The standard InChI is InChI=1S/C16H32O/c1-6-8-9-10-11-12-13-14-16(5,7-2)17-15(3)4/h7,15H,2,6,8-14H2,1,3-5H3. The average Bonchev–Trinajstić information content (AvgIpc) is 2.27. The topological polar surface area (TPSA) is 9.23 Å². The summed E-state index contributed by atoms with van der Waals surface area (Å²) >= 11 is 0. The molecule has 17 heavy (non-hydrogen) atoms. The van der Waals surface area contributed by atoms with E-state index in [2.05, 4.69) is 34.3 Å². The largest absolute Gasteiger partial charge is 0.369 e. The fourth-order valence-electron chi connectivity index (χ4n) is 2.18. The van der Waals surface area contributed by atoms with Crippen LogP contribution in [-0.2, 0) is 4.74 Å². The molecule has 0 aliphatic carbocycles. The summed E-state index contributed by atoms with van der Waals surface area (Å²) in [7, 11) is 0. The Bertz CT molecular complexity index is 186. The van der Waals surface area contributed by atoms with E-state index in [9.17, 15) is 0 Å². The number of hydrogen-bond donors (Lipinski definition) is 0. The van der Waals surface area contributed by atoms with Crippen LogP contribution in [0.25, 0.3) is 0 Å². The van der Waals surface area contributed by atoms with Gasteiger partial charge in [-0.05, 0) is 27.2 Å². The Balaban J connectivity index is 3.59. The SMILES string of the molecule is C=CC(C)(CCCCCCCCC)OC(C)C. The summed E-state index contributed by atoms with van der Waals surface area (Å²) in [6.07, 6.45) is 12.8. The molecule has 0 rings (SSSR count). The number of unbranched alkanes of at least 4 members (excludes halogenated alkanes) is 6. The summed E-state index contributed by atoms with van der Waals surface area (Å²) < 4.78 is 5.91. The molecule has 0 aliphatic rings. The summed E-state index contributed by atoms with van der Waals surface area (Å²) in [5.41, 5.74) is -0.127. The maximum absolute atomic E-state index is 5.91. The van der Waals surface area contributed by atoms with Gasteiger partial charge in [0.05, 0.1) is 11.7 Å². The van der Waals surface area contributed by atoms with Crippen molar-refractivity contribution >= 4 is 0 Å². The van der Waals surface area contributed by atoms with Crippen LogP contribution in [0.2, 0.25) is 0 Å². The highest BCUT2D eigenvalue weighted by Gasteiger charge is 2.21. The highest BCUT2D eigenvalue weighted by molar-refractivity contribution is 4.93. The van der Waals surface area contributed by atoms with Gasteiger partial charge in [0, 0.05) is 0 Å². The van der Waals surface area contributed by atoms with Gasteiger partial charge in [0.25, 0.3) is 0 Å². The number of hydrogen-bond acceptors (Lipinski definition) is 1. The molecule has 0 spiro atoms. The molecule has 0 saturated carbocycles. The van der Waals surface area contributed by atoms with Crippen molar-refractivity contribution in [2.75, 3.05) is 0 Å². The van der Waals surface area contributed by atoms with Crippen LogP contribution in [0.1, 0.15) is 79.1 Å². The molecule has 0 radical (unpaired) electrons. The van der Waals surface area contributed by atoms with E-state index in [-0.39, 0.29) is 11.7 Å². The van der Waals surface area contributed by atoms with E-state index in [0.717, 1.165) is 6.42 Å². The molecule has 0 aromatic heterocycles. The molecule has 1 unspecified atom stereocenters. The van der Waals surface area contributed by atoms with Crippen molar-refractivity contribution in [3.8, 4) is 0 Å². The van der Waals surface area contributed by atoms with E-state index >= 15 is 0 Å². The predicted molar refractivity (Wildman–Crippen MR) is 77.4 cm³/mol. The monoisotopic (exact) mass is 240 g/mol. The Morgan fingerprint density at radius 3 is 2.06 bits per heavy atom. The van der Waals surface area contributed by atoms with Crippen molar-refractivity contribution in [2.24, 2.45) is 0 Å². The van der Waals surface area contributed by atoms with Crippen molar-refractivity contribution in [2.45, 2.75) is 90.8 Å². The molecule has 0 fully saturated rings. The van der Waals surface area contributed by atoms with E-state index in [1.165, 1.54) is 44.9 Å². The minimum atomic E-state index is -0.127. The molecule has 0 aromatic carbocycles. The summed E-state index contributed by atoms with van der Waals surface area (Å²) in [4.78, 5) is 0. The summed E-state index contributed by atoms with van der Waals surface area (Å²) in [5, 5.41) is 0. The zero-order chi connectivity index (χ0) is 13.1. The summed E-state index contributed by atoms with van der Waals surface area (Å²) in [5.74, 6) is 0. The van der Waals surface area contributed by atoms with Crippen LogP contribution in [-0.4, -0.2) is 11.7 Å². The molecule has 1 heteroatoms. The lowest BCUT2D eigenvalue weighted by atomic mass is 9.97. The van der Waals surface area contributed by atoms with Gasteiger partial charge in [-0.15, -0.1) is 6.58 Å². The molecule has 0 N–H and O–H groups in total. The Labute approximate surface area is 109 Å². The highest BCUT2D eigenvalue weighted by atomic mass is 16.5. The molecule has 0 bridgehead atoms. The third kappa shape index (κ3) is 9.41. The predicted octanol–water partition coefficient (Wildman–Crippen LogP) is 5.50. The van der Waals surface area contributed by atoms with E-state index in [1.807, 2.05) is 6.08 Å². The fourth-order valence-corrected chi connectivity index (χ4v) is 2.18. The highest BCUT2D eigenvalue weighted by Crippen LogP contribution is 2.22. The van der Waals surface area contributed by atoms with Gasteiger partial charge in [0.1, 0.15) is 0 Å². The van der Waals surface area contributed by atoms with Gasteiger partial charge in [-0.25, -0.2) is 0 Å². The number of ether oxygens (including phenoxy) is 1. The van der Waals surface area contributed by atoms with Gasteiger partial charge < -0.3 is 4.74 Å². The lowest BCUT2D eigenvalue weighted by Crippen LogP contribution is -2.29. The summed E-state index contributed by atoms with van der Waals surface area (Å²) in [6, 6.07) is 0. The second kappa shape index (κ2) is 9.70. The van der Waals surface area contributed by atoms with Gasteiger partial charge in [-0.1, -0.05) is 57.9 Å². The van der Waals surface area contributed by atoms with E-state index < -0.39 is 0 Å². The minimum Gasteiger partial charge on any atom is -0.369 e. The van der Waals surface area contributed by atoms with Crippen molar-refractivity contribution in [3.63, 3.8) is 0 Å². The molecule has 0 aliphatic heterocycles. The maximum Gasteiger partial charge on any atom is 0.0835 e. The molecule has 0 heterocycles. The first kappa shape index (κ1) is 16.7. The zero-order valence-electron chi connectivity index (χ0n) is 12.4. The van der Waals surface area contributed by atoms with Gasteiger partial charge in [0.2, 0.25) is 0 Å². The van der Waals surface area contributed by atoms with Crippen molar-refractivity contribution in [3.05, 3.63) is 12.7 Å². The lowest BCUT2D eigenvalue weighted by Gasteiger charge is -2.28. The van der Waals surface area contributed by atoms with Crippen LogP contribution in [0.15, 0.2) is 12.7 Å². The third-order valence-corrected chi connectivity index (χ3v) is 3.21. The molecular formula is C16H32O. The van der Waals surface area contributed by atoms with Gasteiger partial charge >= 0.3 is 0 Å². The van der Waals surface area contributed by atoms with Crippen molar-refractivity contribution in [1.29, 1.82) is 0 Å². The van der Waals surface area contributed by atoms with Crippen LogP contribution >= 0.6 is 0 Å². The van der Waals surface area contributed by atoms with E-state index in [1.54, 1.807) is 0 Å². The molecule has 1 nitrogen and oxygen atoms in total. The normalized spacial score (nSPS) is 14.9. The van der Waals surface area contributed by atoms with Crippen molar-refractivity contribution < 1.29 is 4.74 Å². The molecule has 1 atom stereocenters. The van der Waals surface area contributed by atoms with Crippen molar-refractivity contribution in [1.82, 2.24) is 0 Å². The van der Waals surface area contributed by atoms with Gasteiger partial charge in [0.15, 0.2) is 0 Å². The van der Waals surface area contributed by atoms with Crippen LogP contribution in [0.5, 0.6) is 0 Å². The third-order valence-electron chi connectivity index (χ3n) is 3.21. The number of rotatable bonds is 11. The Hall–Kier alpha value is -0.300. The molecule has 0 aromatic rings. The zero-order valence-corrected chi connectivity index (χ0v) is 12.4. The van der Waals surface area contributed by atoms with Gasteiger partial charge in [-0.3, -0.25) is 0 Å². The van der Waals surface area contributed by atoms with E-state index in [4.69, 9.17) is 4.74 Å². The minimum absolute atomic E-state index is 0.127. The molecule has 0 saturated heterocycles. The van der Waals surface area contributed by atoms with Crippen LogP contribution < -0.4 is 0 Å². The maximum atomic E-state index is 5.91. The quantitative estimate of drug-likeness (QED) is 0.342. The first-order valence-corrected chi connectivity index (χ1v) is 7.35. The smallest absolute Gasteiger partial charge is 0.0835 e. The summed E-state index contributed by atoms with van der Waals surface area (Å²) in [6.45, 7) is 12.5. The Morgan fingerprint density at radius 1 is 1.06 bits per heavy atom. The van der Waals surface area contributed by atoms with E-state index in [0.29, 0.717) is 0 Å². The second-order valence-corrected chi connectivity index (χ2v) is 5.55. The molecular weight excluding hydrogens is 208 g/mol. The van der Waals surface area contributed by atoms with Crippen LogP contribution in [0.3, 0.4) is 0 Å². The van der Waals surface area contributed by atoms with Gasteiger partial charge in [-0.2, -0.15) is 0 Å². The fraction of sp³-hybridized carbons (Fsp3) is 0.875. The average molecular weight is 240 g/mol. The molecule has 102 valence electrons. The molecule has 0 amide bonds. The second-order valence-electron chi connectivity index (χ2n) is 5.55.